The summed E-state index contributed by atoms with van der Waals surface area (Å²) in [6.07, 6.45) is 2.20. The fourth-order valence-corrected chi connectivity index (χ4v) is 4.03. The predicted molar refractivity (Wildman–Crippen MR) is 95.3 cm³/mol. The number of nitrogens with one attached hydrogen (secondary N) is 2. The summed E-state index contributed by atoms with van der Waals surface area (Å²) in [7, 11) is 1.56. The van der Waals surface area contributed by atoms with Crippen molar-refractivity contribution in [3.05, 3.63) is 35.4 Å². The zero-order valence-electron chi connectivity index (χ0n) is 15.5. The largest absolute Gasteiger partial charge is 0.481 e. The molecule has 2 aliphatic rings. The van der Waals surface area contributed by atoms with Crippen LogP contribution in [0.4, 0.5) is 13.6 Å². The summed E-state index contributed by atoms with van der Waals surface area (Å²) >= 11 is 0. The first-order valence-corrected chi connectivity index (χ1v) is 9.26. The van der Waals surface area contributed by atoms with Crippen molar-refractivity contribution >= 4 is 17.9 Å². The average Bonchev–Trinajstić information content (AvgIpc) is 2.91. The van der Waals surface area contributed by atoms with E-state index >= 15 is 0 Å². The van der Waals surface area contributed by atoms with Crippen LogP contribution in [0.25, 0.3) is 0 Å². The van der Waals surface area contributed by atoms with Crippen LogP contribution in [0, 0.1) is 17.6 Å². The molecule has 9 heteroatoms. The number of hydrogen-bond donors (Lipinski definition) is 3. The van der Waals surface area contributed by atoms with Crippen LogP contribution in [-0.2, 0) is 9.59 Å². The van der Waals surface area contributed by atoms with Gasteiger partial charge in [-0.15, -0.1) is 0 Å². The second-order valence-corrected chi connectivity index (χ2v) is 7.44. The molecule has 2 atom stereocenters. The molecule has 3 rings (SSSR count). The van der Waals surface area contributed by atoms with Crippen LogP contribution in [0.2, 0.25) is 0 Å². The van der Waals surface area contributed by atoms with Crippen LogP contribution in [0.1, 0.15) is 43.7 Å². The molecule has 152 valence electrons. The SMILES string of the molecule is CN1C(=O)CC(NC(=O)NC2CCC(C(=O)O)CC2)C1c1ccc(F)c(F)c1. The van der Waals surface area contributed by atoms with E-state index in [1.807, 2.05) is 0 Å². The zero-order chi connectivity index (χ0) is 20.4. The van der Waals surface area contributed by atoms with E-state index in [1.165, 1.54) is 11.0 Å². The van der Waals surface area contributed by atoms with Crippen molar-refractivity contribution in [3.63, 3.8) is 0 Å². The lowest BCUT2D eigenvalue weighted by atomic mass is 9.86. The molecule has 1 heterocycles. The highest BCUT2D eigenvalue weighted by Gasteiger charge is 2.40. The third-order valence-electron chi connectivity index (χ3n) is 5.60. The van der Waals surface area contributed by atoms with Crippen molar-refractivity contribution in [1.82, 2.24) is 15.5 Å². The number of likely N-dealkylation sites (N-methyl/N-ethyl adjacent to an activating group) is 1. The number of benzene rings is 1. The fraction of sp³-hybridized carbons (Fsp3) is 0.526. The average molecular weight is 395 g/mol. The van der Waals surface area contributed by atoms with Gasteiger partial charge < -0.3 is 20.6 Å². The van der Waals surface area contributed by atoms with E-state index in [9.17, 15) is 23.2 Å². The molecule has 3 amide bonds. The Morgan fingerprint density at radius 1 is 1.11 bits per heavy atom. The lowest BCUT2D eigenvalue weighted by Gasteiger charge is -2.29. The zero-order valence-corrected chi connectivity index (χ0v) is 15.5. The Morgan fingerprint density at radius 3 is 2.39 bits per heavy atom. The summed E-state index contributed by atoms with van der Waals surface area (Å²) in [5.41, 5.74) is 0.402. The van der Waals surface area contributed by atoms with Gasteiger partial charge in [-0.2, -0.15) is 0 Å². The summed E-state index contributed by atoms with van der Waals surface area (Å²) < 4.78 is 26.9. The molecule has 28 heavy (non-hydrogen) atoms. The van der Waals surface area contributed by atoms with Gasteiger partial charge in [-0.3, -0.25) is 9.59 Å². The van der Waals surface area contributed by atoms with Gasteiger partial charge in [0.1, 0.15) is 0 Å². The van der Waals surface area contributed by atoms with Crippen molar-refractivity contribution in [2.75, 3.05) is 7.05 Å². The number of carboxylic acids is 1. The number of amides is 3. The van der Waals surface area contributed by atoms with Crippen molar-refractivity contribution in [1.29, 1.82) is 0 Å². The third-order valence-corrected chi connectivity index (χ3v) is 5.60. The van der Waals surface area contributed by atoms with Gasteiger partial charge in [-0.25, -0.2) is 13.6 Å². The molecule has 1 saturated heterocycles. The molecule has 0 aromatic heterocycles. The number of rotatable bonds is 4. The third kappa shape index (κ3) is 4.23. The maximum atomic E-state index is 13.6. The first-order chi connectivity index (χ1) is 13.3. The van der Waals surface area contributed by atoms with E-state index in [-0.39, 0.29) is 24.3 Å². The van der Waals surface area contributed by atoms with Crippen molar-refractivity contribution in [3.8, 4) is 0 Å². The molecule has 0 radical (unpaired) electrons. The number of hydrogen-bond acceptors (Lipinski definition) is 3. The van der Waals surface area contributed by atoms with Gasteiger partial charge in [-0.1, -0.05) is 6.07 Å². The number of carbonyl (C=O) groups is 3. The van der Waals surface area contributed by atoms with Crippen molar-refractivity contribution < 1.29 is 28.3 Å². The van der Waals surface area contributed by atoms with Gasteiger partial charge in [0.05, 0.1) is 18.0 Å². The second kappa shape index (κ2) is 8.12. The Labute approximate surface area is 161 Å². The van der Waals surface area contributed by atoms with Crippen LogP contribution in [-0.4, -0.2) is 47.0 Å². The van der Waals surface area contributed by atoms with E-state index < -0.39 is 35.7 Å². The summed E-state index contributed by atoms with van der Waals surface area (Å²) in [5.74, 6) is -3.38. The fourth-order valence-electron chi connectivity index (χ4n) is 4.03. The number of aliphatic carboxylic acids is 1. The highest BCUT2D eigenvalue weighted by Crippen LogP contribution is 2.32. The summed E-state index contributed by atoms with van der Waals surface area (Å²) in [4.78, 5) is 36.9. The minimum atomic E-state index is -1.01. The monoisotopic (exact) mass is 395 g/mol. The minimum absolute atomic E-state index is 0.0549. The topological polar surface area (TPSA) is 98.7 Å². The van der Waals surface area contributed by atoms with E-state index in [2.05, 4.69) is 10.6 Å². The van der Waals surface area contributed by atoms with E-state index in [0.29, 0.717) is 31.2 Å². The lowest BCUT2D eigenvalue weighted by Crippen LogP contribution is -2.48. The van der Waals surface area contributed by atoms with Crippen LogP contribution in [0.5, 0.6) is 0 Å². The first kappa shape index (κ1) is 20.0. The Hall–Kier alpha value is -2.71. The quantitative estimate of drug-likeness (QED) is 0.728. The van der Waals surface area contributed by atoms with Crippen LogP contribution in [0.15, 0.2) is 18.2 Å². The molecule has 1 aromatic carbocycles. The molecule has 1 saturated carbocycles. The maximum Gasteiger partial charge on any atom is 0.315 e. The van der Waals surface area contributed by atoms with Crippen molar-refractivity contribution in [2.45, 2.75) is 50.2 Å². The van der Waals surface area contributed by atoms with Gasteiger partial charge in [0.25, 0.3) is 0 Å². The molecule has 1 aliphatic heterocycles. The minimum Gasteiger partial charge on any atom is -0.481 e. The smallest absolute Gasteiger partial charge is 0.315 e. The summed E-state index contributed by atoms with van der Waals surface area (Å²) in [6.45, 7) is 0. The molecule has 2 unspecified atom stereocenters. The van der Waals surface area contributed by atoms with Crippen molar-refractivity contribution in [2.24, 2.45) is 5.92 Å². The molecular formula is C19H23F2N3O4. The number of halogens is 2. The molecule has 2 fully saturated rings. The number of carboxylic acid groups (broad SMARTS) is 1. The molecule has 1 aromatic rings. The predicted octanol–water partition coefficient (Wildman–Crippen LogP) is 2.18. The van der Waals surface area contributed by atoms with Gasteiger partial charge in [-0.05, 0) is 43.4 Å². The summed E-state index contributed by atoms with van der Waals surface area (Å²) in [5, 5.41) is 14.6. The number of likely N-dealkylation sites (tertiary alicyclic amines) is 1. The van der Waals surface area contributed by atoms with E-state index in [4.69, 9.17) is 5.11 Å². The molecule has 0 spiro atoms. The number of nitrogens with zero attached hydrogens (tertiary/aromatic N) is 1. The highest BCUT2D eigenvalue weighted by molar-refractivity contribution is 5.82. The normalized spacial score (nSPS) is 27.5. The lowest BCUT2D eigenvalue weighted by molar-refractivity contribution is -0.142. The summed E-state index contributed by atoms with van der Waals surface area (Å²) in [6, 6.07) is 1.66. The standard InChI is InChI=1S/C19H23F2N3O4/c1-24-16(25)9-15(17(24)11-4-7-13(20)14(21)8-11)23-19(28)22-12-5-2-10(3-6-12)18(26)27/h4,7-8,10,12,15,17H,2-3,5-6,9H2,1H3,(H,26,27)(H2,22,23,28). The van der Waals surface area contributed by atoms with Crippen LogP contribution >= 0.6 is 0 Å². The number of carbonyl (C=O) groups excluding carboxylic acids is 2. The first-order valence-electron chi connectivity index (χ1n) is 9.26. The maximum absolute atomic E-state index is 13.6. The Morgan fingerprint density at radius 2 is 1.79 bits per heavy atom. The molecule has 7 nitrogen and oxygen atoms in total. The molecule has 1 aliphatic carbocycles. The van der Waals surface area contributed by atoms with Gasteiger partial charge in [0, 0.05) is 19.5 Å². The second-order valence-electron chi connectivity index (χ2n) is 7.44. The number of urea groups is 1. The Kier molecular flexibility index (Phi) is 5.81. The van der Waals surface area contributed by atoms with E-state index in [1.54, 1.807) is 7.05 Å². The van der Waals surface area contributed by atoms with Gasteiger partial charge >= 0.3 is 12.0 Å². The molecule has 0 bridgehead atoms. The highest BCUT2D eigenvalue weighted by atomic mass is 19.2. The van der Waals surface area contributed by atoms with Gasteiger partial charge in [0.2, 0.25) is 5.91 Å². The molecule has 3 N–H and O–H groups in total. The Bertz CT molecular complexity index is 780. The van der Waals surface area contributed by atoms with Gasteiger partial charge in [0.15, 0.2) is 11.6 Å². The van der Waals surface area contributed by atoms with Crippen LogP contribution in [0.3, 0.4) is 0 Å². The van der Waals surface area contributed by atoms with Crippen LogP contribution < -0.4 is 10.6 Å². The van der Waals surface area contributed by atoms with E-state index in [0.717, 1.165) is 12.1 Å². The Balaban J connectivity index is 1.63. The molecular weight excluding hydrogens is 372 g/mol.